The Kier molecular flexibility index (Phi) is 5.43. The molecule has 0 unspecified atom stereocenters. The number of aromatic nitrogens is 3. The summed E-state index contributed by atoms with van der Waals surface area (Å²) in [6.07, 6.45) is 1.60. The maximum Gasteiger partial charge on any atom is 0.418 e. The van der Waals surface area contributed by atoms with Crippen molar-refractivity contribution in [1.29, 1.82) is 0 Å². The molecule has 3 heterocycles. The van der Waals surface area contributed by atoms with Crippen LogP contribution in [0.2, 0.25) is 10.0 Å². The summed E-state index contributed by atoms with van der Waals surface area (Å²) >= 11 is 12.7. The lowest BCUT2D eigenvalue weighted by molar-refractivity contribution is 0.174. The van der Waals surface area contributed by atoms with E-state index in [2.05, 4.69) is 9.97 Å². The average molecular weight is 409 g/mol. The molecule has 3 aromatic rings. The SMILES string of the molecule is CC.COC(=O)n1ccc2nc(N)nc(-c3c(Cl)cc(Cl)c4c3CCO4)c21. The Morgan fingerprint density at radius 1 is 1.30 bits per heavy atom. The third-order valence-corrected chi connectivity index (χ3v) is 4.62. The maximum absolute atomic E-state index is 12.1. The van der Waals surface area contributed by atoms with Gasteiger partial charge in [-0.15, -0.1) is 0 Å². The second-order valence-corrected chi connectivity index (χ2v) is 6.26. The number of ether oxygens (including phenoxy) is 2. The molecule has 2 N–H and O–H groups in total. The van der Waals surface area contributed by atoms with E-state index in [1.165, 1.54) is 11.7 Å². The summed E-state index contributed by atoms with van der Waals surface area (Å²) in [5.41, 5.74) is 8.71. The molecule has 0 amide bonds. The lowest BCUT2D eigenvalue weighted by Gasteiger charge is -2.13. The molecule has 1 aliphatic heterocycles. The van der Waals surface area contributed by atoms with E-state index in [0.717, 1.165) is 5.56 Å². The molecule has 2 aromatic heterocycles. The number of halogens is 2. The Hall–Kier alpha value is -2.51. The van der Waals surface area contributed by atoms with Crippen molar-refractivity contribution in [2.45, 2.75) is 20.3 Å². The number of benzene rings is 1. The second kappa shape index (κ2) is 7.62. The molecule has 1 aliphatic rings. The summed E-state index contributed by atoms with van der Waals surface area (Å²) in [7, 11) is 1.30. The fourth-order valence-electron chi connectivity index (χ4n) is 3.04. The Balaban J connectivity index is 0.00000102. The normalized spacial score (nSPS) is 12.2. The van der Waals surface area contributed by atoms with Gasteiger partial charge in [-0.3, -0.25) is 0 Å². The van der Waals surface area contributed by atoms with Gasteiger partial charge in [0.2, 0.25) is 5.95 Å². The van der Waals surface area contributed by atoms with Crippen LogP contribution in [0.3, 0.4) is 0 Å². The molecule has 0 spiro atoms. The highest BCUT2D eigenvalue weighted by Gasteiger charge is 2.27. The molecule has 27 heavy (non-hydrogen) atoms. The third-order valence-electron chi connectivity index (χ3n) is 4.04. The molecular formula is C18H18Cl2N4O3. The van der Waals surface area contributed by atoms with Crippen molar-refractivity contribution in [2.75, 3.05) is 19.5 Å². The van der Waals surface area contributed by atoms with Crippen LogP contribution in [0.15, 0.2) is 18.3 Å². The van der Waals surface area contributed by atoms with Crippen molar-refractivity contribution in [1.82, 2.24) is 14.5 Å². The first-order chi connectivity index (χ1) is 13.0. The van der Waals surface area contributed by atoms with Crippen LogP contribution in [0.4, 0.5) is 10.7 Å². The number of fused-ring (bicyclic) bond motifs is 2. The van der Waals surface area contributed by atoms with Crippen molar-refractivity contribution in [3.05, 3.63) is 33.9 Å². The first-order valence-corrected chi connectivity index (χ1v) is 9.13. The second-order valence-electron chi connectivity index (χ2n) is 5.44. The zero-order valence-corrected chi connectivity index (χ0v) is 16.6. The zero-order valence-electron chi connectivity index (χ0n) is 15.0. The van der Waals surface area contributed by atoms with Gasteiger partial charge in [0.15, 0.2) is 0 Å². The molecule has 0 fully saturated rings. The predicted molar refractivity (Wildman–Crippen MR) is 106 cm³/mol. The van der Waals surface area contributed by atoms with E-state index < -0.39 is 6.09 Å². The van der Waals surface area contributed by atoms with E-state index in [4.69, 9.17) is 38.4 Å². The minimum atomic E-state index is -0.567. The smallest absolute Gasteiger partial charge is 0.418 e. The molecule has 4 rings (SSSR count). The Bertz CT molecular complexity index is 1030. The van der Waals surface area contributed by atoms with Crippen molar-refractivity contribution in [3.8, 4) is 17.0 Å². The van der Waals surface area contributed by atoms with Gasteiger partial charge in [0.25, 0.3) is 0 Å². The molecule has 142 valence electrons. The lowest BCUT2D eigenvalue weighted by Crippen LogP contribution is -2.11. The van der Waals surface area contributed by atoms with E-state index >= 15 is 0 Å². The molecule has 0 radical (unpaired) electrons. The summed E-state index contributed by atoms with van der Waals surface area (Å²) in [5.74, 6) is 0.645. The monoisotopic (exact) mass is 408 g/mol. The number of carbonyl (C=O) groups is 1. The van der Waals surface area contributed by atoms with Gasteiger partial charge >= 0.3 is 6.09 Å². The van der Waals surface area contributed by atoms with Gasteiger partial charge in [-0.1, -0.05) is 37.0 Å². The molecule has 0 aliphatic carbocycles. The van der Waals surface area contributed by atoms with Crippen molar-refractivity contribution in [3.63, 3.8) is 0 Å². The Labute approximate surface area is 166 Å². The topological polar surface area (TPSA) is 92.3 Å². The van der Waals surface area contributed by atoms with Gasteiger partial charge in [-0.25, -0.2) is 19.3 Å². The van der Waals surface area contributed by atoms with E-state index in [1.54, 1.807) is 18.3 Å². The Morgan fingerprint density at radius 3 is 2.74 bits per heavy atom. The zero-order chi connectivity index (χ0) is 19.7. The number of hydrogen-bond acceptors (Lipinski definition) is 6. The van der Waals surface area contributed by atoms with Crippen molar-refractivity contribution in [2.24, 2.45) is 0 Å². The molecule has 0 saturated heterocycles. The molecule has 7 nitrogen and oxygen atoms in total. The van der Waals surface area contributed by atoms with E-state index in [-0.39, 0.29) is 5.95 Å². The fraction of sp³-hybridized carbons (Fsp3) is 0.278. The van der Waals surface area contributed by atoms with Crippen LogP contribution in [0.25, 0.3) is 22.3 Å². The molecule has 0 bridgehead atoms. The fourth-order valence-corrected chi connectivity index (χ4v) is 3.69. The lowest BCUT2D eigenvalue weighted by atomic mass is 10.0. The highest BCUT2D eigenvalue weighted by Crippen LogP contribution is 2.45. The van der Waals surface area contributed by atoms with Crippen LogP contribution in [0.5, 0.6) is 5.75 Å². The average Bonchev–Trinajstić information content (AvgIpc) is 3.30. The summed E-state index contributed by atoms with van der Waals surface area (Å²) in [6, 6.07) is 3.26. The van der Waals surface area contributed by atoms with Crippen LogP contribution in [0, 0.1) is 0 Å². The number of carbonyl (C=O) groups excluding carboxylic acids is 1. The number of anilines is 1. The molecule has 9 heteroatoms. The number of nitrogen functional groups attached to an aromatic ring is 1. The quantitative estimate of drug-likeness (QED) is 0.633. The van der Waals surface area contributed by atoms with Gasteiger partial charge < -0.3 is 15.2 Å². The largest absolute Gasteiger partial charge is 0.491 e. The first-order valence-electron chi connectivity index (χ1n) is 8.38. The van der Waals surface area contributed by atoms with Gasteiger partial charge in [-0.2, -0.15) is 0 Å². The minimum absolute atomic E-state index is 0.0730. The predicted octanol–water partition coefficient (Wildman–Crippen LogP) is 4.56. The van der Waals surface area contributed by atoms with Crippen LogP contribution >= 0.6 is 23.2 Å². The summed E-state index contributed by atoms with van der Waals surface area (Å²) in [4.78, 5) is 20.6. The van der Waals surface area contributed by atoms with Gasteiger partial charge in [0.1, 0.15) is 17.0 Å². The number of nitrogens with two attached hydrogens (primary N) is 1. The highest BCUT2D eigenvalue weighted by molar-refractivity contribution is 6.38. The van der Waals surface area contributed by atoms with Crippen molar-refractivity contribution >= 4 is 46.3 Å². The summed E-state index contributed by atoms with van der Waals surface area (Å²) < 4.78 is 11.7. The van der Waals surface area contributed by atoms with Crippen LogP contribution in [-0.2, 0) is 11.2 Å². The number of rotatable bonds is 1. The summed E-state index contributed by atoms with van der Waals surface area (Å²) in [6.45, 7) is 4.49. The molecule has 0 saturated carbocycles. The van der Waals surface area contributed by atoms with Crippen LogP contribution < -0.4 is 10.5 Å². The highest BCUT2D eigenvalue weighted by atomic mass is 35.5. The summed E-state index contributed by atoms with van der Waals surface area (Å²) in [5, 5.41) is 0.828. The van der Waals surface area contributed by atoms with E-state index in [1.807, 2.05) is 13.8 Å². The standard InChI is InChI=1S/C16H12Cl2N4O3.C2H6/c1-24-16(23)22-4-2-10-13(22)12(21-15(19)20-10)11-7-3-5-25-14(7)9(18)6-8(11)17;1-2/h2,4,6H,3,5H2,1H3,(H2,19,20,21);1-2H3. The maximum atomic E-state index is 12.1. The van der Waals surface area contributed by atoms with Crippen molar-refractivity contribution < 1.29 is 14.3 Å². The van der Waals surface area contributed by atoms with E-state index in [0.29, 0.717) is 51.1 Å². The van der Waals surface area contributed by atoms with Gasteiger partial charge in [0, 0.05) is 23.7 Å². The van der Waals surface area contributed by atoms with E-state index in [9.17, 15) is 4.79 Å². The number of methoxy groups -OCH3 is 1. The van der Waals surface area contributed by atoms with Crippen LogP contribution in [0.1, 0.15) is 19.4 Å². The molecule has 1 aromatic carbocycles. The van der Waals surface area contributed by atoms with Gasteiger partial charge in [0.05, 0.1) is 29.3 Å². The van der Waals surface area contributed by atoms with Crippen LogP contribution in [-0.4, -0.2) is 34.3 Å². The van der Waals surface area contributed by atoms with Gasteiger partial charge in [-0.05, 0) is 12.1 Å². The number of nitrogens with zero attached hydrogens (tertiary/aromatic N) is 3. The third kappa shape index (κ3) is 3.17. The molecular weight excluding hydrogens is 391 g/mol. The Morgan fingerprint density at radius 2 is 2.04 bits per heavy atom. The minimum Gasteiger partial charge on any atom is -0.491 e. The number of hydrogen-bond donors (Lipinski definition) is 1. The first kappa shape index (κ1) is 19.3. The molecule has 0 atom stereocenters.